The minimum absolute atomic E-state index is 0.178. The zero-order valence-electron chi connectivity index (χ0n) is 11.8. The lowest BCUT2D eigenvalue weighted by molar-refractivity contribution is 0.0955. The number of carbonyl (C=O) groups excluding carboxylic acids is 1. The molecule has 1 N–H and O–H groups in total. The molecule has 7 heteroatoms. The van der Waals surface area contributed by atoms with Gasteiger partial charge in [-0.3, -0.25) is 9.78 Å². The van der Waals surface area contributed by atoms with Crippen molar-refractivity contribution in [1.29, 1.82) is 0 Å². The minimum Gasteiger partial charge on any atom is -0.496 e. The normalized spacial score (nSPS) is 12.4. The van der Waals surface area contributed by atoms with Crippen molar-refractivity contribution in [3.05, 3.63) is 47.8 Å². The number of nitrogens with zero attached hydrogens (tertiary/aromatic N) is 2. The highest BCUT2D eigenvalue weighted by Crippen LogP contribution is 2.37. The number of aromatic nitrogens is 1. The van der Waals surface area contributed by atoms with Gasteiger partial charge in [-0.05, 0) is 18.2 Å². The largest absolute Gasteiger partial charge is 0.496 e. The number of nitrogens with one attached hydrogen (secondary N) is 1. The van der Waals surface area contributed by atoms with E-state index in [0.29, 0.717) is 28.4 Å². The third-order valence-electron chi connectivity index (χ3n) is 3.04. The van der Waals surface area contributed by atoms with E-state index in [-0.39, 0.29) is 12.7 Å². The summed E-state index contributed by atoms with van der Waals surface area (Å²) in [6, 6.07) is 6.66. The Morgan fingerprint density at radius 1 is 1.32 bits per heavy atom. The van der Waals surface area contributed by atoms with Crippen LogP contribution < -0.4 is 19.6 Å². The molecule has 3 rings (SSSR count). The number of pyridine rings is 1. The van der Waals surface area contributed by atoms with Crippen molar-refractivity contribution in [2.75, 3.05) is 13.9 Å². The van der Waals surface area contributed by atoms with Gasteiger partial charge in [0.25, 0.3) is 5.91 Å². The second-order valence-corrected chi connectivity index (χ2v) is 4.38. The molecule has 0 unspecified atom stereocenters. The first-order valence-electron chi connectivity index (χ1n) is 6.49. The van der Waals surface area contributed by atoms with Crippen LogP contribution in [-0.2, 0) is 0 Å². The van der Waals surface area contributed by atoms with Gasteiger partial charge in [-0.1, -0.05) is 0 Å². The summed E-state index contributed by atoms with van der Waals surface area (Å²) in [6.45, 7) is 0.178. The predicted molar refractivity (Wildman–Crippen MR) is 78.4 cm³/mol. The Hall–Kier alpha value is -3.09. The number of methoxy groups -OCH3 is 1. The molecule has 112 valence electrons. The Balaban J connectivity index is 1.74. The Morgan fingerprint density at radius 2 is 2.05 bits per heavy atom. The van der Waals surface area contributed by atoms with Gasteiger partial charge in [-0.2, -0.15) is 5.10 Å². The third kappa shape index (κ3) is 2.83. The Kier molecular flexibility index (Phi) is 3.86. The molecule has 2 aromatic rings. The maximum absolute atomic E-state index is 11.8. The number of hydrazone groups is 1. The molecule has 1 aromatic carbocycles. The lowest BCUT2D eigenvalue weighted by Gasteiger charge is -2.06. The average molecular weight is 299 g/mol. The van der Waals surface area contributed by atoms with Crippen molar-refractivity contribution < 1.29 is 19.0 Å². The fourth-order valence-electron chi connectivity index (χ4n) is 1.94. The summed E-state index contributed by atoms with van der Waals surface area (Å²) >= 11 is 0. The first kappa shape index (κ1) is 13.9. The van der Waals surface area contributed by atoms with Crippen LogP contribution in [0.2, 0.25) is 0 Å². The lowest BCUT2D eigenvalue weighted by Crippen LogP contribution is -2.17. The smallest absolute Gasteiger partial charge is 0.271 e. The topological polar surface area (TPSA) is 82.0 Å². The zero-order valence-corrected chi connectivity index (χ0v) is 11.8. The maximum Gasteiger partial charge on any atom is 0.271 e. The molecule has 1 aliphatic heterocycles. The highest BCUT2D eigenvalue weighted by Gasteiger charge is 2.17. The molecule has 7 nitrogen and oxygen atoms in total. The summed E-state index contributed by atoms with van der Waals surface area (Å²) < 4.78 is 15.8. The number of hydrogen-bond acceptors (Lipinski definition) is 6. The van der Waals surface area contributed by atoms with Crippen LogP contribution in [0.25, 0.3) is 0 Å². The second-order valence-electron chi connectivity index (χ2n) is 4.38. The van der Waals surface area contributed by atoms with E-state index in [1.54, 1.807) is 43.8 Å². The molecule has 1 aromatic heterocycles. The number of ether oxygens (including phenoxy) is 3. The summed E-state index contributed by atoms with van der Waals surface area (Å²) in [5.41, 5.74) is 3.59. The van der Waals surface area contributed by atoms with E-state index in [9.17, 15) is 4.79 Å². The third-order valence-corrected chi connectivity index (χ3v) is 3.04. The first-order valence-corrected chi connectivity index (χ1v) is 6.49. The van der Waals surface area contributed by atoms with Gasteiger partial charge in [0.05, 0.1) is 13.3 Å². The molecule has 0 aliphatic carbocycles. The predicted octanol–water partition coefficient (Wildman–Crippen LogP) is 1.58. The number of fused-ring (bicyclic) bond motifs is 1. The summed E-state index contributed by atoms with van der Waals surface area (Å²) in [5, 5.41) is 3.93. The number of hydrogen-bond donors (Lipinski definition) is 1. The van der Waals surface area contributed by atoms with Crippen LogP contribution in [-0.4, -0.2) is 31.0 Å². The molecule has 0 bridgehead atoms. The van der Waals surface area contributed by atoms with E-state index in [0.717, 1.165) is 0 Å². The summed E-state index contributed by atoms with van der Waals surface area (Å²) in [6.07, 6.45) is 4.57. The van der Waals surface area contributed by atoms with Gasteiger partial charge in [-0.15, -0.1) is 0 Å². The number of amides is 1. The molecule has 0 radical (unpaired) electrons. The maximum atomic E-state index is 11.8. The Bertz CT molecular complexity index is 716. The average Bonchev–Trinajstić information content (AvgIpc) is 3.02. The van der Waals surface area contributed by atoms with Gasteiger partial charge in [0.1, 0.15) is 5.75 Å². The van der Waals surface area contributed by atoms with Gasteiger partial charge in [0.15, 0.2) is 11.5 Å². The van der Waals surface area contributed by atoms with Crippen LogP contribution in [0.5, 0.6) is 17.2 Å². The summed E-state index contributed by atoms with van der Waals surface area (Å²) in [7, 11) is 1.55. The lowest BCUT2D eigenvalue weighted by atomic mass is 10.2. The van der Waals surface area contributed by atoms with Crippen molar-refractivity contribution in [2.24, 2.45) is 5.10 Å². The van der Waals surface area contributed by atoms with E-state index in [4.69, 9.17) is 14.2 Å². The van der Waals surface area contributed by atoms with E-state index >= 15 is 0 Å². The first-order chi connectivity index (χ1) is 10.8. The van der Waals surface area contributed by atoms with Crippen LogP contribution in [0.1, 0.15) is 15.9 Å². The summed E-state index contributed by atoms with van der Waals surface area (Å²) in [5.74, 6) is 1.49. The van der Waals surface area contributed by atoms with Crippen LogP contribution >= 0.6 is 0 Å². The van der Waals surface area contributed by atoms with Crippen LogP contribution in [0.15, 0.2) is 41.8 Å². The van der Waals surface area contributed by atoms with Crippen molar-refractivity contribution >= 4 is 12.1 Å². The second kappa shape index (κ2) is 6.13. The number of rotatable bonds is 4. The van der Waals surface area contributed by atoms with Gasteiger partial charge in [0, 0.05) is 29.6 Å². The number of benzene rings is 1. The van der Waals surface area contributed by atoms with Gasteiger partial charge >= 0.3 is 0 Å². The fourth-order valence-corrected chi connectivity index (χ4v) is 1.94. The Labute approximate surface area is 126 Å². The van der Waals surface area contributed by atoms with Gasteiger partial charge in [0.2, 0.25) is 6.79 Å². The monoisotopic (exact) mass is 299 g/mol. The van der Waals surface area contributed by atoms with E-state index in [1.165, 1.54) is 6.21 Å². The standard InChI is InChI=1S/C15H13N3O4/c1-20-12-7-14-13(21-9-22-14)6-11(12)8-17-18-15(19)10-2-4-16-5-3-10/h2-8H,9H2,1H3,(H,18,19)/b17-8-. The van der Waals surface area contributed by atoms with Crippen molar-refractivity contribution in [1.82, 2.24) is 10.4 Å². The number of carbonyl (C=O) groups is 1. The molecular weight excluding hydrogens is 286 g/mol. The molecule has 0 fully saturated rings. The van der Waals surface area contributed by atoms with Gasteiger partial charge in [-0.25, -0.2) is 5.43 Å². The molecular formula is C15H13N3O4. The van der Waals surface area contributed by atoms with Crippen LogP contribution in [0.3, 0.4) is 0 Å². The minimum atomic E-state index is -0.321. The molecule has 2 heterocycles. The summed E-state index contributed by atoms with van der Waals surface area (Å²) in [4.78, 5) is 15.7. The van der Waals surface area contributed by atoms with Crippen molar-refractivity contribution in [2.45, 2.75) is 0 Å². The molecule has 0 atom stereocenters. The van der Waals surface area contributed by atoms with Crippen molar-refractivity contribution in [3.63, 3.8) is 0 Å². The van der Waals surface area contributed by atoms with E-state index in [1.807, 2.05) is 0 Å². The Morgan fingerprint density at radius 3 is 2.77 bits per heavy atom. The molecule has 1 amide bonds. The molecule has 0 saturated carbocycles. The molecule has 1 aliphatic rings. The van der Waals surface area contributed by atoms with Crippen molar-refractivity contribution in [3.8, 4) is 17.2 Å². The highest BCUT2D eigenvalue weighted by molar-refractivity contribution is 5.95. The molecule has 0 spiro atoms. The highest BCUT2D eigenvalue weighted by atomic mass is 16.7. The fraction of sp³-hybridized carbons (Fsp3) is 0.133. The van der Waals surface area contributed by atoms with Crippen LogP contribution in [0, 0.1) is 0 Å². The van der Waals surface area contributed by atoms with Gasteiger partial charge < -0.3 is 14.2 Å². The zero-order chi connectivity index (χ0) is 15.4. The van der Waals surface area contributed by atoms with E-state index < -0.39 is 0 Å². The SMILES string of the molecule is COc1cc2c(cc1/C=N\NC(=O)c1ccncc1)OCO2. The van der Waals surface area contributed by atoms with Crippen LogP contribution in [0.4, 0.5) is 0 Å². The molecule has 0 saturated heterocycles. The molecule has 22 heavy (non-hydrogen) atoms. The quantitative estimate of drug-likeness (QED) is 0.684. The van der Waals surface area contributed by atoms with E-state index in [2.05, 4.69) is 15.5 Å².